The van der Waals surface area contributed by atoms with E-state index in [-0.39, 0.29) is 5.91 Å². The first-order valence-electron chi connectivity index (χ1n) is 7.68. The summed E-state index contributed by atoms with van der Waals surface area (Å²) >= 11 is 0. The van der Waals surface area contributed by atoms with Crippen LogP contribution in [-0.4, -0.2) is 45.8 Å². The predicted octanol–water partition coefficient (Wildman–Crippen LogP) is 1.69. The molecule has 1 aliphatic rings. The molecule has 1 amide bonds. The number of carbonyl (C=O) groups is 1. The zero-order valence-corrected chi connectivity index (χ0v) is 13.4. The second-order valence-corrected chi connectivity index (χ2v) is 5.75. The molecule has 7 heteroatoms. The van der Waals surface area contributed by atoms with Gasteiger partial charge in [-0.25, -0.2) is 4.98 Å². The molecule has 2 aromatic heterocycles. The number of amides is 1. The lowest BCUT2D eigenvalue weighted by molar-refractivity contribution is -0.114. The van der Waals surface area contributed by atoms with Crippen LogP contribution in [0.3, 0.4) is 0 Å². The summed E-state index contributed by atoms with van der Waals surface area (Å²) in [5.74, 6) is 1.14. The fraction of sp³-hybridized carbons (Fsp3) is 0.438. The van der Waals surface area contributed by atoms with Crippen LogP contribution in [0, 0.1) is 0 Å². The average Bonchev–Trinajstić information content (AvgIpc) is 3.17. The van der Waals surface area contributed by atoms with Crippen LogP contribution in [0.1, 0.15) is 24.9 Å². The van der Waals surface area contributed by atoms with Gasteiger partial charge in [0.1, 0.15) is 0 Å². The summed E-state index contributed by atoms with van der Waals surface area (Å²) < 4.78 is 7.02. The minimum atomic E-state index is -0.102. The number of anilines is 1. The minimum Gasteiger partial charge on any atom is -0.481 e. The number of nitrogens with one attached hydrogen (secondary N) is 1. The van der Waals surface area contributed by atoms with Gasteiger partial charge in [0.25, 0.3) is 0 Å². The smallest absolute Gasteiger partial charge is 0.222 e. The number of likely N-dealkylation sites (tertiary alicyclic amines) is 1. The first-order valence-corrected chi connectivity index (χ1v) is 7.68. The number of pyridine rings is 1. The van der Waals surface area contributed by atoms with Crippen LogP contribution in [0.4, 0.5) is 5.82 Å². The van der Waals surface area contributed by atoms with Crippen LogP contribution in [0.2, 0.25) is 0 Å². The molecule has 1 saturated heterocycles. The van der Waals surface area contributed by atoms with Crippen molar-refractivity contribution in [2.45, 2.75) is 25.9 Å². The van der Waals surface area contributed by atoms with Gasteiger partial charge in [-0.1, -0.05) is 6.07 Å². The molecule has 1 atom stereocenters. The van der Waals surface area contributed by atoms with E-state index in [9.17, 15) is 4.79 Å². The van der Waals surface area contributed by atoms with Crippen molar-refractivity contribution >= 4 is 11.7 Å². The molecule has 1 N–H and O–H groups in total. The number of carbonyl (C=O) groups excluding carboxylic acids is 1. The van der Waals surface area contributed by atoms with Gasteiger partial charge in [0.2, 0.25) is 11.8 Å². The summed E-state index contributed by atoms with van der Waals surface area (Å²) in [5.41, 5.74) is 1.17. The van der Waals surface area contributed by atoms with Crippen molar-refractivity contribution < 1.29 is 9.53 Å². The number of nitrogens with zero attached hydrogens (tertiary/aromatic N) is 4. The molecule has 7 nitrogen and oxygen atoms in total. The van der Waals surface area contributed by atoms with Gasteiger partial charge >= 0.3 is 0 Å². The lowest BCUT2D eigenvalue weighted by Gasteiger charge is -2.16. The predicted molar refractivity (Wildman–Crippen MR) is 86.3 cm³/mol. The van der Waals surface area contributed by atoms with Crippen LogP contribution < -0.4 is 10.1 Å². The second-order valence-electron chi connectivity index (χ2n) is 5.75. The summed E-state index contributed by atoms with van der Waals surface area (Å²) in [6, 6.07) is 6.10. The first-order chi connectivity index (χ1) is 11.1. The maximum Gasteiger partial charge on any atom is 0.222 e. The molecule has 0 bridgehead atoms. The van der Waals surface area contributed by atoms with Crippen LogP contribution in [-0.2, 0) is 11.3 Å². The molecule has 0 radical (unpaired) electrons. The van der Waals surface area contributed by atoms with Crippen molar-refractivity contribution in [3.63, 3.8) is 0 Å². The molecule has 23 heavy (non-hydrogen) atoms. The van der Waals surface area contributed by atoms with Crippen molar-refractivity contribution in [2.75, 3.05) is 25.5 Å². The molecular weight excluding hydrogens is 294 g/mol. The largest absolute Gasteiger partial charge is 0.481 e. The maximum absolute atomic E-state index is 11.1. The van der Waals surface area contributed by atoms with Gasteiger partial charge in [-0.2, -0.15) is 5.10 Å². The summed E-state index contributed by atoms with van der Waals surface area (Å²) in [4.78, 5) is 17.7. The summed E-state index contributed by atoms with van der Waals surface area (Å²) in [6.45, 7) is 4.31. The monoisotopic (exact) mass is 315 g/mol. The molecular formula is C16H21N5O2. The Morgan fingerprint density at radius 3 is 3.00 bits per heavy atom. The molecule has 1 unspecified atom stereocenters. The summed E-state index contributed by atoms with van der Waals surface area (Å²) in [7, 11) is 1.62. The Kier molecular flexibility index (Phi) is 4.57. The Morgan fingerprint density at radius 1 is 1.43 bits per heavy atom. The molecule has 3 rings (SSSR count). The lowest BCUT2D eigenvalue weighted by atomic mass is 10.2. The normalized spacial score (nSPS) is 18.1. The number of ether oxygens (including phenoxy) is 1. The van der Waals surface area contributed by atoms with E-state index < -0.39 is 0 Å². The highest BCUT2D eigenvalue weighted by Crippen LogP contribution is 2.23. The standard InChI is InChI=1S/C16H21N5O2/c1-12(22)18-15-6-8-21(19-15)14-5-7-20(11-14)10-13-3-4-16(23-2)17-9-13/h3-4,6,8-9,14H,5,7,10-11H2,1-2H3,(H,18,19,22). The number of rotatable bonds is 5. The highest BCUT2D eigenvalue weighted by molar-refractivity contribution is 5.87. The Labute approximate surface area is 135 Å². The van der Waals surface area contributed by atoms with E-state index in [0.717, 1.165) is 26.1 Å². The molecule has 0 saturated carbocycles. The van der Waals surface area contributed by atoms with Crippen LogP contribution >= 0.6 is 0 Å². The number of hydrogen-bond acceptors (Lipinski definition) is 5. The summed E-state index contributed by atoms with van der Waals surface area (Å²) in [5, 5.41) is 7.13. The third-order valence-corrected chi connectivity index (χ3v) is 3.95. The lowest BCUT2D eigenvalue weighted by Crippen LogP contribution is -2.21. The van der Waals surface area contributed by atoms with E-state index in [1.54, 1.807) is 7.11 Å². The van der Waals surface area contributed by atoms with Gasteiger partial charge in [0.15, 0.2) is 5.82 Å². The SMILES string of the molecule is COc1ccc(CN2CCC(n3ccc(NC(C)=O)n3)C2)cn1. The van der Waals surface area contributed by atoms with E-state index in [2.05, 4.69) is 20.3 Å². The van der Waals surface area contributed by atoms with Crippen LogP contribution in [0.15, 0.2) is 30.6 Å². The fourth-order valence-corrected chi connectivity index (χ4v) is 2.84. The van der Waals surface area contributed by atoms with Crippen LogP contribution in [0.25, 0.3) is 0 Å². The van der Waals surface area contributed by atoms with Gasteiger partial charge in [0, 0.05) is 51.1 Å². The molecule has 122 valence electrons. The Morgan fingerprint density at radius 2 is 2.30 bits per heavy atom. The topological polar surface area (TPSA) is 72.3 Å². The van der Waals surface area contributed by atoms with Gasteiger partial charge in [-0.05, 0) is 12.0 Å². The maximum atomic E-state index is 11.1. The van der Waals surface area contributed by atoms with Crippen molar-refractivity contribution in [1.82, 2.24) is 19.7 Å². The highest BCUT2D eigenvalue weighted by atomic mass is 16.5. The third-order valence-electron chi connectivity index (χ3n) is 3.95. The molecule has 1 fully saturated rings. The van der Waals surface area contributed by atoms with Gasteiger partial charge in [0.05, 0.1) is 13.2 Å². The minimum absolute atomic E-state index is 0.102. The van der Waals surface area contributed by atoms with Crippen molar-refractivity contribution in [3.05, 3.63) is 36.2 Å². The first kappa shape index (κ1) is 15.5. The molecule has 0 spiro atoms. The fourth-order valence-electron chi connectivity index (χ4n) is 2.84. The van der Waals surface area contributed by atoms with E-state index in [1.807, 2.05) is 35.3 Å². The molecule has 0 aromatic carbocycles. The van der Waals surface area contributed by atoms with Crippen molar-refractivity contribution in [2.24, 2.45) is 0 Å². The molecule has 0 aliphatic carbocycles. The average molecular weight is 315 g/mol. The van der Waals surface area contributed by atoms with Gasteiger partial charge in [-0.15, -0.1) is 0 Å². The Bertz CT molecular complexity index is 667. The van der Waals surface area contributed by atoms with Gasteiger partial charge < -0.3 is 10.1 Å². The van der Waals surface area contributed by atoms with Gasteiger partial charge in [-0.3, -0.25) is 14.4 Å². The quantitative estimate of drug-likeness (QED) is 0.909. The molecule has 1 aliphatic heterocycles. The molecule has 2 aromatic rings. The Balaban J connectivity index is 1.57. The van der Waals surface area contributed by atoms with Crippen molar-refractivity contribution in [1.29, 1.82) is 0 Å². The zero-order valence-electron chi connectivity index (χ0n) is 13.4. The van der Waals surface area contributed by atoms with E-state index in [1.165, 1.54) is 12.5 Å². The Hall–Kier alpha value is -2.41. The third kappa shape index (κ3) is 3.87. The highest BCUT2D eigenvalue weighted by Gasteiger charge is 2.24. The number of aromatic nitrogens is 3. The van der Waals surface area contributed by atoms with Crippen LogP contribution in [0.5, 0.6) is 5.88 Å². The van der Waals surface area contributed by atoms with E-state index in [0.29, 0.717) is 17.7 Å². The molecule has 3 heterocycles. The number of methoxy groups -OCH3 is 1. The zero-order chi connectivity index (χ0) is 16.2. The van der Waals surface area contributed by atoms with E-state index in [4.69, 9.17) is 4.74 Å². The van der Waals surface area contributed by atoms with Crippen molar-refractivity contribution in [3.8, 4) is 5.88 Å². The number of hydrogen-bond donors (Lipinski definition) is 1. The van der Waals surface area contributed by atoms with E-state index >= 15 is 0 Å². The summed E-state index contributed by atoms with van der Waals surface area (Å²) in [6.07, 6.45) is 4.83. The second kappa shape index (κ2) is 6.78.